The van der Waals surface area contributed by atoms with Crippen LogP contribution in [0.25, 0.3) is 0 Å². The summed E-state index contributed by atoms with van der Waals surface area (Å²) in [6.07, 6.45) is 5.72. The lowest BCUT2D eigenvalue weighted by atomic mass is 9.79. The minimum absolute atomic E-state index is 0.238. The topological polar surface area (TPSA) is 46.3 Å². The maximum Gasteiger partial charge on any atom is 0.225 e. The molecule has 3 heteroatoms. The van der Waals surface area contributed by atoms with Crippen LogP contribution in [0.5, 0.6) is 0 Å². The van der Waals surface area contributed by atoms with E-state index < -0.39 is 0 Å². The highest BCUT2D eigenvalue weighted by Gasteiger charge is 2.36. The molecule has 110 valence electrons. The van der Waals surface area contributed by atoms with Crippen molar-refractivity contribution in [3.05, 3.63) is 0 Å². The van der Waals surface area contributed by atoms with Gasteiger partial charge in [-0.15, -0.1) is 0 Å². The molecule has 2 fully saturated rings. The summed E-state index contributed by atoms with van der Waals surface area (Å²) >= 11 is 0. The van der Waals surface area contributed by atoms with Gasteiger partial charge in [0, 0.05) is 18.5 Å². The Balaban J connectivity index is 2.01. The monoisotopic (exact) mass is 266 g/mol. The fraction of sp³-hybridized carbons (Fsp3) is 0.938. The highest BCUT2D eigenvalue weighted by Crippen LogP contribution is 2.33. The van der Waals surface area contributed by atoms with Crippen LogP contribution in [-0.4, -0.2) is 29.9 Å². The highest BCUT2D eigenvalue weighted by molar-refractivity contribution is 5.79. The van der Waals surface area contributed by atoms with Gasteiger partial charge in [0.15, 0.2) is 0 Å². The van der Waals surface area contributed by atoms with Gasteiger partial charge < -0.3 is 10.6 Å². The van der Waals surface area contributed by atoms with Gasteiger partial charge in [0.05, 0.1) is 0 Å². The second-order valence-electron chi connectivity index (χ2n) is 7.01. The molecule has 0 spiro atoms. The van der Waals surface area contributed by atoms with Crippen molar-refractivity contribution in [2.45, 2.75) is 58.9 Å². The summed E-state index contributed by atoms with van der Waals surface area (Å²) in [6.45, 7) is 8.47. The molecule has 2 N–H and O–H groups in total. The lowest BCUT2D eigenvalue weighted by Gasteiger charge is -2.43. The molecule has 0 aromatic rings. The average Bonchev–Trinajstić information content (AvgIpc) is 2.42. The molecule has 1 aliphatic carbocycles. The van der Waals surface area contributed by atoms with Gasteiger partial charge in [-0.25, -0.2) is 0 Å². The lowest BCUT2D eigenvalue weighted by molar-refractivity contribution is -0.143. The zero-order chi connectivity index (χ0) is 14.0. The van der Waals surface area contributed by atoms with Crippen LogP contribution in [0.3, 0.4) is 0 Å². The molecule has 1 saturated heterocycles. The maximum absolute atomic E-state index is 12.8. The van der Waals surface area contributed by atoms with E-state index in [0.717, 1.165) is 25.9 Å². The first-order valence-corrected chi connectivity index (χ1v) is 8.03. The van der Waals surface area contributed by atoms with Crippen LogP contribution in [0.1, 0.15) is 52.9 Å². The zero-order valence-corrected chi connectivity index (χ0v) is 12.8. The SMILES string of the molecule is CC1CC(C)C(C)N(C(=O)C2CCCC(CN)C2)C1. The summed E-state index contributed by atoms with van der Waals surface area (Å²) in [6, 6.07) is 0.405. The fourth-order valence-electron chi connectivity index (χ4n) is 3.97. The van der Waals surface area contributed by atoms with Crippen LogP contribution >= 0.6 is 0 Å². The molecule has 2 aliphatic rings. The molecule has 0 bridgehead atoms. The summed E-state index contributed by atoms with van der Waals surface area (Å²) in [5.74, 6) is 2.48. The first-order chi connectivity index (χ1) is 9.02. The quantitative estimate of drug-likeness (QED) is 0.835. The summed E-state index contributed by atoms with van der Waals surface area (Å²) in [5, 5.41) is 0. The Bertz CT molecular complexity index is 318. The molecule has 5 atom stereocenters. The summed E-state index contributed by atoms with van der Waals surface area (Å²) in [4.78, 5) is 15.0. The number of nitrogens with two attached hydrogens (primary N) is 1. The van der Waals surface area contributed by atoms with Crippen molar-refractivity contribution in [1.82, 2.24) is 4.90 Å². The fourth-order valence-corrected chi connectivity index (χ4v) is 3.97. The molecule has 1 amide bonds. The number of likely N-dealkylation sites (tertiary alicyclic amines) is 1. The van der Waals surface area contributed by atoms with E-state index in [2.05, 4.69) is 25.7 Å². The average molecular weight is 266 g/mol. The molecule has 3 nitrogen and oxygen atoms in total. The van der Waals surface area contributed by atoms with Crippen LogP contribution in [0.4, 0.5) is 0 Å². The van der Waals surface area contributed by atoms with E-state index in [-0.39, 0.29) is 5.92 Å². The molecule has 2 rings (SSSR count). The number of piperidine rings is 1. The molecule has 0 aromatic carbocycles. The van der Waals surface area contributed by atoms with Crippen molar-refractivity contribution >= 4 is 5.91 Å². The number of nitrogens with zero attached hydrogens (tertiary/aromatic N) is 1. The molecule has 1 saturated carbocycles. The molecule has 0 aromatic heterocycles. The van der Waals surface area contributed by atoms with Crippen molar-refractivity contribution in [3.8, 4) is 0 Å². The standard InChI is InChI=1S/C16H30N2O/c1-11-7-12(2)13(3)18(10-11)16(19)15-6-4-5-14(8-15)9-17/h11-15H,4-10,17H2,1-3H3. The van der Waals surface area contributed by atoms with Crippen LogP contribution < -0.4 is 5.73 Å². The van der Waals surface area contributed by atoms with Crippen LogP contribution in [0.2, 0.25) is 0 Å². The van der Waals surface area contributed by atoms with Crippen molar-refractivity contribution in [2.24, 2.45) is 29.4 Å². The van der Waals surface area contributed by atoms with Gasteiger partial charge in [-0.2, -0.15) is 0 Å². The molecule has 5 unspecified atom stereocenters. The molecule has 0 radical (unpaired) electrons. The largest absolute Gasteiger partial charge is 0.339 e. The Hall–Kier alpha value is -0.570. The van der Waals surface area contributed by atoms with Gasteiger partial charge in [-0.3, -0.25) is 4.79 Å². The third-order valence-electron chi connectivity index (χ3n) is 5.35. The van der Waals surface area contributed by atoms with Crippen molar-refractivity contribution < 1.29 is 4.79 Å². The van der Waals surface area contributed by atoms with E-state index in [0.29, 0.717) is 29.7 Å². The number of hydrogen-bond acceptors (Lipinski definition) is 2. The Labute approximate surface area is 117 Å². The van der Waals surface area contributed by atoms with E-state index in [1.807, 2.05) is 0 Å². The van der Waals surface area contributed by atoms with E-state index in [1.165, 1.54) is 19.3 Å². The predicted molar refractivity (Wildman–Crippen MR) is 78.6 cm³/mol. The first-order valence-electron chi connectivity index (χ1n) is 8.03. The van der Waals surface area contributed by atoms with Crippen LogP contribution in [0, 0.1) is 23.7 Å². The second-order valence-corrected chi connectivity index (χ2v) is 7.01. The number of amides is 1. The van der Waals surface area contributed by atoms with E-state index in [1.54, 1.807) is 0 Å². The summed E-state index contributed by atoms with van der Waals surface area (Å²) in [5.41, 5.74) is 5.79. The minimum Gasteiger partial charge on any atom is -0.339 e. The smallest absolute Gasteiger partial charge is 0.225 e. The van der Waals surface area contributed by atoms with E-state index in [9.17, 15) is 4.79 Å². The van der Waals surface area contributed by atoms with E-state index >= 15 is 0 Å². The molecular weight excluding hydrogens is 236 g/mol. The molecular formula is C16H30N2O. The van der Waals surface area contributed by atoms with Gasteiger partial charge in [0.25, 0.3) is 0 Å². The first kappa shape index (κ1) is 14.8. The summed E-state index contributed by atoms with van der Waals surface area (Å²) < 4.78 is 0. The molecule has 1 aliphatic heterocycles. The molecule has 1 heterocycles. The number of carbonyl (C=O) groups is 1. The Morgan fingerprint density at radius 2 is 1.95 bits per heavy atom. The van der Waals surface area contributed by atoms with Gasteiger partial charge in [-0.05, 0) is 56.9 Å². The van der Waals surface area contributed by atoms with Crippen molar-refractivity contribution in [2.75, 3.05) is 13.1 Å². The zero-order valence-electron chi connectivity index (χ0n) is 12.8. The van der Waals surface area contributed by atoms with Gasteiger partial charge in [0.2, 0.25) is 5.91 Å². The van der Waals surface area contributed by atoms with Crippen LogP contribution in [-0.2, 0) is 4.79 Å². The van der Waals surface area contributed by atoms with Crippen molar-refractivity contribution in [3.63, 3.8) is 0 Å². The second kappa shape index (κ2) is 6.25. The Morgan fingerprint density at radius 1 is 1.21 bits per heavy atom. The van der Waals surface area contributed by atoms with Crippen LogP contribution in [0.15, 0.2) is 0 Å². The Morgan fingerprint density at radius 3 is 2.63 bits per heavy atom. The number of carbonyl (C=O) groups excluding carboxylic acids is 1. The van der Waals surface area contributed by atoms with Crippen molar-refractivity contribution in [1.29, 1.82) is 0 Å². The van der Waals surface area contributed by atoms with E-state index in [4.69, 9.17) is 5.73 Å². The highest BCUT2D eigenvalue weighted by atomic mass is 16.2. The third-order valence-corrected chi connectivity index (χ3v) is 5.35. The van der Waals surface area contributed by atoms with Gasteiger partial charge >= 0.3 is 0 Å². The van der Waals surface area contributed by atoms with Gasteiger partial charge in [-0.1, -0.05) is 20.3 Å². The van der Waals surface area contributed by atoms with Gasteiger partial charge in [0.1, 0.15) is 0 Å². The normalized spacial score (nSPS) is 40.2. The number of rotatable bonds is 2. The predicted octanol–water partition coefficient (Wildman–Crippen LogP) is 2.64. The lowest BCUT2D eigenvalue weighted by Crippen LogP contribution is -2.51. The Kier molecular flexibility index (Phi) is 4.88. The maximum atomic E-state index is 12.8. The minimum atomic E-state index is 0.238. The summed E-state index contributed by atoms with van der Waals surface area (Å²) in [7, 11) is 0. The third kappa shape index (κ3) is 3.31. The number of hydrogen-bond donors (Lipinski definition) is 1. The molecule has 19 heavy (non-hydrogen) atoms.